The minimum atomic E-state index is 0. The van der Waals surface area contributed by atoms with Crippen LogP contribution in [0.3, 0.4) is 0 Å². The molecule has 0 unspecified atom stereocenters. The predicted octanol–water partition coefficient (Wildman–Crippen LogP) is 3.29. The van der Waals surface area contributed by atoms with Gasteiger partial charge in [-0.05, 0) is 38.5 Å². The van der Waals surface area contributed by atoms with Gasteiger partial charge in [0.15, 0.2) is 5.96 Å². The molecule has 0 atom stereocenters. The fourth-order valence-corrected chi connectivity index (χ4v) is 3.30. The van der Waals surface area contributed by atoms with Crippen LogP contribution in [-0.2, 0) is 20.1 Å². The van der Waals surface area contributed by atoms with Crippen molar-refractivity contribution >= 4 is 35.6 Å². The van der Waals surface area contributed by atoms with Gasteiger partial charge >= 0.3 is 0 Å². The number of benzene rings is 1. The molecule has 152 valence electrons. The third-order valence-electron chi connectivity index (χ3n) is 4.95. The number of aliphatic imine (C=N–C) groups is 1. The fourth-order valence-electron chi connectivity index (χ4n) is 3.30. The molecule has 0 saturated heterocycles. The van der Waals surface area contributed by atoms with E-state index in [9.17, 15) is 0 Å². The quantitative estimate of drug-likeness (QED) is 0.280. The standard InChI is InChI=1S/C21H30N6.HI/c1-5-22-21(24-15-20-16(2)25-26(4)17(20)3)23-14-18-9-8-10-19(13-18)27-11-6-7-12-27;/h6-10,13H,5,11-12,14-15H2,1-4H3,(H2,22,23,24);1H. The number of guanidine groups is 1. The zero-order valence-electron chi connectivity index (χ0n) is 17.2. The Kier molecular flexibility index (Phi) is 8.35. The fraction of sp³-hybridized carbons (Fsp3) is 0.429. The van der Waals surface area contributed by atoms with Crippen molar-refractivity contribution in [2.45, 2.75) is 33.9 Å². The number of anilines is 1. The van der Waals surface area contributed by atoms with Gasteiger partial charge in [0.05, 0.1) is 12.2 Å². The summed E-state index contributed by atoms with van der Waals surface area (Å²) in [6.45, 7) is 10.4. The van der Waals surface area contributed by atoms with Gasteiger partial charge in [0.2, 0.25) is 0 Å². The van der Waals surface area contributed by atoms with Crippen molar-refractivity contribution < 1.29 is 0 Å². The van der Waals surface area contributed by atoms with Gasteiger partial charge in [0.1, 0.15) is 0 Å². The van der Waals surface area contributed by atoms with Crippen LogP contribution in [-0.4, -0.2) is 35.4 Å². The highest BCUT2D eigenvalue weighted by molar-refractivity contribution is 14.0. The predicted molar refractivity (Wildman–Crippen MR) is 128 cm³/mol. The van der Waals surface area contributed by atoms with E-state index in [0.29, 0.717) is 6.54 Å². The Hall–Kier alpha value is -2.03. The zero-order valence-corrected chi connectivity index (χ0v) is 19.5. The second-order valence-corrected chi connectivity index (χ2v) is 6.87. The lowest BCUT2D eigenvalue weighted by atomic mass is 10.2. The summed E-state index contributed by atoms with van der Waals surface area (Å²) >= 11 is 0. The van der Waals surface area contributed by atoms with Crippen LogP contribution in [0, 0.1) is 13.8 Å². The van der Waals surface area contributed by atoms with Gasteiger partial charge < -0.3 is 15.5 Å². The van der Waals surface area contributed by atoms with Gasteiger partial charge in [-0.2, -0.15) is 5.10 Å². The van der Waals surface area contributed by atoms with E-state index < -0.39 is 0 Å². The van der Waals surface area contributed by atoms with Gasteiger partial charge in [0, 0.05) is 50.2 Å². The molecule has 3 rings (SSSR count). The summed E-state index contributed by atoms with van der Waals surface area (Å²) in [6, 6.07) is 8.64. The van der Waals surface area contributed by atoms with Gasteiger partial charge in [0.25, 0.3) is 0 Å². The number of halogens is 1. The molecule has 1 aromatic carbocycles. The molecule has 0 radical (unpaired) electrons. The number of nitrogens with zero attached hydrogens (tertiary/aromatic N) is 4. The highest BCUT2D eigenvalue weighted by atomic mass is 127. The molecule has 1 aliphatic rings. The van der Waals surface area contributed by atoms with E-state index in [-0.39, 0.29) is 24.0 Å². The lowest BCUT2D eigenvalue weighted by molar-refractivity contribution is 0.728. The van der Waals surface area contributed by atoms with Gasteiger partial charge in [-0.3, -0.25) is 4.68 Å². The van der Waals surface area contributed by atoms with Crippen molar-refractivity contribution in [1.82, 2.24) is 20.4 Å². The lowest BCUT2D eigenvalue weighted by Crippen LogP contribution is -2.37. The van der Waals surface area contributed by atoms with E-state index in [1.165, 1.54) is 22.5 Å². The molecule has 2 heterocycles. The number of rotatable bonds is 6. The molecule has 0 saturated carbocycles. The van der Waals surface area contributed by atoms with E-state index in [4.69, 9.17) is 4.99 Å². The number of nitrogens with one attached hydrogen (secondary N) is 2. The van der Waals surface area contributed by atoms with Crippen LogP contribution >= 0.6 is 24.0 Å². The van der Waals surface area contributed by atoms with Crippen molar-refractivity contribution in [3.8, 4) is 0 Å². The summed E-state index contributed by atoms with van der Waals surface area (Å²) in [5.74, 6) is 0.827. The molecule has 2 aromatic rings. The second-order valence-electron chi connectivity index (χ2n) is 6.87. The first-order chi connectivity index (χ1) is 13.1. The molecule has 0 amide bonds. The summed E-state index contributed by atoms with van der Waals surface area (Å²) in [7, 11) is 1.98. The van der Waals surface area contributed by atoms with Crippen molar-refractivity contribution in [3.63, 3.8) is 0 Å². The average molecular weight is 494 g/mol. The molecule has 0 aliphatic carbocycles. The third-order valence-corrected chi connectivity index (χ3v) is 4.95. The van der Waals surface area contributed by atoms with Crippen molar-refractivity contribution in [3.05, 3.63) is 58.9 Å². The van der Waals surface area contributed by atoms with E-state index in [2.05, 4.69) is 70.9 Å². The van der Waals surface area contributed by atoms with Crippen LogP contribution in [0.2, 0.25) is 0 Å². The molecule has 0 spiro atoms. The summed E-state index contributed by atoms with van der Waals surface area (Å²) in [5.41, 5.74) is 5.94. The Labute approximate surface area is 185 Å². The van der Waals surface area contributed by atoms with Crippen LogP contribution in [0.25, 0.3) is 0 Å². The summed E-state index contributed by atoms with van der Waals surface area (Å²) in [6.07, 6.45) is 4.42. The Morgan fingerprint density at radius 2 is 1.93 bits per heavy atom. The topological polar surface area (TPSA) is 57.5 Å². The molecule has 1 aliphatic heterocycles. The van der Waals surface area contributed by atoms with Crippen LogP contribution in [0.15, 0.2) is 41.4 Å². The Morgan fingerprint density at radius 3 is 2.57 bits per heavy atom. The minimum Gasteiger partial charge on any atom is -0.364 e. The van der Waals surface area contributed by atoms with Crippen molar-refractivity contribution in [2.24, 2.45) is 12.0 Å². The minimum absolute atomic E-state index is 0. The second kappa shape index (κ2) is 10.5. The largest absolute Gasteiger partial charge is 0.364 e. The van der Waals surface area contributed by atoms with Crippen LogP contribution in [0.5, 0.6) is 0 Å². The van der Waals surface area contributed by atoms with E-state index in [1.54, 1.807) is 0 Å². The summed E-state index contributed by atoms with van der Waals surface area (Å²) in [5, 5.41) is 11.2. The molecular weight excluding hydrogens is 463 g/mol. The monoisotopic (exact) mass is 494 g/mol. The summed E-state index contributed by atoms with van der Waals surface area (Å²) < 4.78 is 1.93. The molecule has 1 aromatic heterocycles. The Bertz CT molecular complexity index is 831. The smallest absolute Gasteiger partial charge is 0.191 e. The van der Waals surface area contributed by atoms with Crippen LogP contribution in [0.4, 0.5) is 5.69 Å². The molecule has 2 N–H and O–H groups in total. The molecule has 7 heteroatoms. The van der Waals surface area contributed by atoms with E-state index in [1.807, 2.05) is 18.7 Å². The maximum absolute atomic E-state index is 4.77. The maximum Gasteiger partial charge on any atom is 0.191 e. The van der Waals surface area contributed by atoms with Crippen molar-refractivity contribution in [1.29, 1.82) is 0 Å². The normalized spacial score (nSPS) is 13.6. The molecule has 28 heavy (non-hydrogen) atoms. The van der Waals surface area contributed by atoms with Crippen molar-refractivity contribution in [2.75, 3.05) is 24.5 Å². The highest BCUT2D eigenvalue weighted by Crippen LogP contribution is 2.19. The zero-order chi connectivity index (χ0) is 19.2. The molecule has 0 fully saturated rings. The number of hydrogen-bond acceptors (Lipinski definition) is 3. The van der Waals surface area contributed by atoms with Gasteiger partial charge in [-0.25, -0.2) is 4.99 Å². The van der Waals surface area contributed by atoms with Gasteiger partial charge in [-0.1, -0.05) is 24.3 Å². The van der Waals surface area contributed by atoms with Crippen LogP contribution < -0.4 is 15.5 Å². The van der Waals surface area contributed by atoms with E-state index >= 15 is 0 Å². The first-order valence-electron chi connectivity index (χ1n) is 9.58. The first-order valence-corrected chi connectivity index (χ1v) is 9.58. The number of aromatic nitrogens is 2. The number of hydrogen-bond donors (Lipinski definition) is 2. The van der Waals surface area contributed by atoms with Gasteiger partial charge in [-0.15, -0.1) is 24.0 Å². The highest BCUT2D eigenvalue weighted by Gasteiger charge is 2.10. The van der Waals surface area contributed by atoms with E-state index in [0.717, 1.165) is 37.8 Å². The first kappa shape index (κ1) is 22.3. The average Bonchev–Trinajstić information content (AvgIpc) is 3.28. The number of aryl methyl sites for hydroxylation is 2. The lowest BCUT2D eigenvalue weighted by Gasteiger charge is -2.18. The summed E-state index contributed by atoms with van der Waals surface area (Å²) in [4.78, 5) is 7.12. The SMILES string of the molecule is CCNC(=NCc1cccc(N2CC=CC2)c1)NCc1c(C)nn(C)c1C.I. The van der Waals surface area contributed by atoms with Crippen LogP contribution in [0.1, 0.15) is 29.4 Å². The Balaban J connectivity index is 0.00000280. The Morgan fingerprint density at radius 1 is 1.18 bits per heavy atom. The molecular formula is C21H31IN6. The maximum atomic E-state index is 4.77. The molecule has 0 bridgehead atoms. The third kappa shape index (κ3) is 5.50. The molecule has 6 nitrogen and oxygen atoms in total.